The summed E-state index contributed by atoms with van der Waals surface area (Å²) in [6, 6.07) is 14.9. The van der Waals surface area contributed by atoms with Crippen molar-refractivity contribution in [2.75, 3.05) is 12.0 Å². The van der Waals surface area contributed by atoms with E-state index in [9.17, 15) is 14.4 Å². The maximum atomic E-state index is 13.3. The first-order valence-electron chi connectivity index (χ1n) is 13.6. The number of fused-ring (bicyclic) bond motifs is 1. The van der Waals surface area contributed by atoms with Crippen LogP contribution in [0.4, 0.5) is 5.69 Å². The fraction of sp³-hybridized carbons (Fsp3) is 0.129. The smallest absolute Gasteiger partial charge is 0.332 e. The van der Waals surface area contributed by atoms with Crippen LogP contribution in [0, 0.1) is 0 Å². The quantitative estimate of drug-likeness (QED) is 0.126. The number of amides is 1. The van der Waals surface area contributed by atoms with Crippen LogP contribution in [0.3, 0.4) is 0 Å². The summed E-state index contributed by atoms with van der Waals surface area (Å²) in [4.78, 5) is 45.7. The van der Waals surface area contributed by atoms with Crippen molar-refractivity contribution in [3.8, 4) is 17.5 Å². The molecule has 0 radical (unpaired) electrons. The number of methoxy groups -OCH3 is 1. The highest BCUT2D eigenvalue weighted by Crippen LogP contribution is 2.39. The molecule has 0 unspecified atom stereocenters. The number of rotatable bonds is 7. The molecule has 1 saturated heterocycles. The number of anilines is 1. The summed E-state index contributed by atoms with van der Waals surface area (Å²) in [5.74, 6) is 0.247. The first-order chi connectivity index (χ1) is 22.4. The van der Waals surface area contributed by atoms with E-state index in [0.29, 0.717) is 51.9 Å². The lowest BCUT2D eigenvalue weighted by atomic mass is 10.2. The highest BCUT2D eigenvalue weighted by atomic mass is 35.5. The molecule has 0 atom stereocenters. The van der Waals surface area contributed by atoms with Crippen LogP contribution in [-0.2, 0) is 25.4 Å². The Morgan fingerprint density at radius 1 is 0.894 bits per heavy atom. The monoisotopic (exact) mass is 747 g/mol. The van der Waals surface area contributed by atoms with Gasteiger partial charge < -0.3 is 9.47 Å². The Bertz CT molecular complexity index is 2300. The molecule has 0 saturated carbocycles. The maximum absolute atomic E-state index is 13.3. The second-order valence-electron chi connectivity index (χ2n) is 10.2. The third-order valence-corrected chi connectivity index (χ3v) is 9.93. The third-order valence-electron chi connectivity index (χ3n) is 7.30. The number of aryl methyl sites for hydroxylation is 1. The Labute approximate surface area is 296 Å². The van der Waals surface area contributed by atoms with Crippen molar-refractivity contribution in [1.82, 2.24) is 18.7 Å². The highest BCUT2D eigenvalue weighted by molar-refractivity contribution is 8.27. The van der Waals surface area contributed by atoms with Crippen molar-refractivity contribution in [3.05, 3.63) is 112 Å². The van der Waals surface area contributed by atoms with Crippen LogP contribution in [-0.4, -0.2) is 36.0 Å². The fourth-order valence-electron chi connectivity index (χ4n) is 4.89. The molecule has 1 amide bonds. The molecule has 0 aliphatic carbocycles. The van der Waals surface area contributed by atoms with E-state index in [1.54, 1.807) is 60.7 Å². The van der Waals surface area contributed by atoms with Crippen LogP contribution in [0.1, 0.15) is 11.1 Å². The normalized spacial score (nSPS) is 14.1. The van der Waals surface area contributed by atoms with Crippen molar-refractivity contribution in [1.29, 1.82) is 0 Å². The fourth-order valence-corrected chi connectivity index (χ4v) is 6.95. The van der Waals surface area contributed by atoms with Crippen LogP contribution in [0.2, 0.25) is 20.1 Å². The van der Waals surface area contributed by atoms with E-state index in [-0.39, 0.29) is 35.4 Å². The van der Waals surface area contributed by atoms with Crippen LogP contribution in [0.15, 0.2) is 69.1 Å². The van der Waals surface area contributed by atoms with E-state index in [2.05, 4.69) is 4.98 Å². The molecular formula is C31H21Cl4N5O5S2. The molecule has 1 aliphatic heterocycles. The minimum atomic E-state index is -0.559. The number of carbonyl (C=O) groups is 1. The second-order valence-corrected chi connectivity index (χ2v) is 13.6. The first kappa shape index (κ1) is 33.1. The van der Waals surface area contributed by atoms with Crippen molar-refractivity contribution >= 4 is 104 Å². The summed E-state index contributed by atoms with van der Waals surface area (Å²) < 4.78 is 16.0. The van der Waals surface area contributed by atoms with Crippen molar-refractivity contribution in [2.24, 2.45) is 14.1 Å². The zero-order chi connectivity index (χ0) is 33.7. The molecular weight excluding hydrogens is 728 g/mol. The number of hydrogen-bond donors (Lipinski definition) is 0. The Balaban J connectivity index is 1.38. The Morgan fingerprint density at radius 2 is 1.66 bits per heavy atom. The lowest BCUT2D eigenvalue weighted by molar-refractivity contribution is -0.113. The summed E-state index contributed by atoms with van der Waals surface area (Å²) in [7, 11) is 4.36. The van der Waals surface area contributed by atoms with E-state index in [1.165, 1.54) is 35.2 Å². The number of thioether (sulfide) groups is 1. The molecule has 240 valence electrons. The number of halogens is 4. The van der Waals surface area contributed by atoms with Gasteiger partial charge in [0, 0.05) is 24.1 Å². The van der Waals surface area contributed by atoms with Gasteiger partial charge in [0.2, 0.25) is 0 Å². The van der Waals surface area contributed by atoms with Crippen LogP contribution < -0.4 is 25.6 Å². The van der Waals surface area contributed by atoms with E-state index in [4.69, 9.17) is 68.1 Å². The number of hydrogen-bond acceptors (Lipinski definition) is 8. The second kappa shape index (κ2) is 13.0. The summed E-state index contributed by atoms with van der Waals surface area (Å²) in [5, 5.41) is 1.49. The zero-order valence-corrected chi connectivity index (χ0v) is 29.2. The first-order valence-corrected chi connectivity index (χ1v) is 16.3. The summed E-state index contributed by atoms with van der Waals surface area (Å²) in [6.45, 7) is 0.0797. The van der Waals surface area contributed by atoms with Gasteiger partial charge in [-0.25, -0.2) is 4.79 Å². The molecule has 10 nitrogen and oxygen atoms in total. The lowest BCUT2D eigenvalue weighted by Crippen LogP contribution is -2.37. The van der Waals surface area contributed by atoms with Gasteiger partial charge in [0.1, 0.15) is 0 Å². The summed E-state index contributed by atoms with van der Waals surface area (Å²) >= 11 is 31.4. The number of benzene rings is 3. The van der Waals surface area contributed by atoms with Crippen LogP contribution in [0.5, 0.6) is 17.5 Å². The van der Waals surface area contributed by atoms with E-state index in [1.807, 2.05) is 0 Å². The largest absolute Gasteiger partial charge is 0.493 e. The lowest BCUT2D eigenvalue weighted by Gasteiger charge is -2.15. The summed E-state index contributed by atoms with van der Waals surface area (Å²) in [6.07, 6.45) is 1.68. The molecule has 0 N–H and O–H groups in total. The number of ether oxygens (including phenoxy) is 2. The average Bonchev–Trinajstić information content (AvgIpc) is 3.53. The van der Waals surface area contributed by atoms with E-state index >= 15 is 0 Å². The van der Waals surface area contributed by atoms with Gasteiger partial charge in [-0.05, 0) is 59.7 Å². The average molecular weight is 749 g/mol. The Hall–Kier alpha value is -3.78. The number of nitrogens with zero attached hydrogens (tertiary/aromatic N) is 5. The summed E-state index contributed by atoms with van der Waals surface area (Å²) in [5.41, 5.74) is 0.915. The van der Waals surface area contributed by atoms with Gasteiger partial charge in [-0.1, -0.05) is 82.5 Å². The van der Waals surface area contributed by atoms with Crippen molar-refractivity contribution < 1.29 is 14.3 Å². The van der Waals surface area contributed by atoms with Gasteiger partial charge in [-0.2, -0.15) is 4.98 Å². The molecule has 1 aliphatic rings. The highest BCUT2D eigenvalue weighted by Gasteiger charge is 2.33. The van der Waals surface area contributed by atoms with Gasteiger partial charge in [0.25, 0.3) is 11.5 Å². The van der Waals surface area contributed by atoms with Gasteiger partial charge in [-0.15, -0.1) is 0 Å². The molecule has 0 bridgehead atoms. The number of imidazole rings is 1. The molecule has 2 aromatic heterocycles. The molecule has 0 spiro atoms. The van der Waals surface area contributed by atoms with Crippen molar-refractivity contribution in [2.45, 2.75) is 6.54 Å². The van der Waals surface area contributed by atoms with Gasteiger partial charge >= 0.3 is 11.7 Å². The molecule has 16 heteroatoms. The Kier molecular flexibility index (Phi) is 9.18. The topological polar surface area (TPSA) is 101 Å². The maximum Gasteiger partial charge on any atom is 0.332 e. The molecule has 47 heavy (non-hydrogen) atoms. The number of thiocarbonyl (C=S) groups is 1. The molecule has 3 heterocycles. The van der Waals surface area contributed by atoms with Gasteiger partial charge in [0.15, 0.2) is 27.0 Å². The third kappa shape index (κ3) is 6.17. The minimum absolute atomic E-state index is 0.0119. The Morgan fingerprint density at radius 3 is 2.36 bits per heavy atom. The van der Waals surface area contributed by atoms with Crippen LogP contribution in [0.25, 0.3) is 17.2 Å². The molecule has 3 aromatic carbocycles. The van der Waals surface area contributed by atoms with Gasteiger partial charge in [0.05, 0.1) is 34.3 Å². The minimum Gasteiger partial charge on any atom is -0.493 e. The van der Waals surface area contributed by atoms with E-state index in [0.717, 1.165) is 16.3 Å². The standard InChI is InChI=1S/C31H21Cl4N5O5S2/c1-37-26-25(28(42)38(2)30(37)43)39(14-16-5-6-17(32)12-20(16)34)29(36-26)45-22-9-4-15(10-23(22)44-3)11-24-27(41)40(31(46)47-24)18-7-8-19(33)21(35)13-18/h4-13H,14H2,1-3H3/b24-11+. The SMILES string of the molecule is COc1cc(/C=C2/SC(=S)N(c3ccc(Cl)c(Cl)c3)C2=O)ccc1Oc1nc2c(c(=O)n(C)c(=O)n2C)n1Cc1ccc(Cl)cc1Cl. The predicted molar refractivity (Wildman–Crippen MR) is 191 cm³/mol. The number of aromatic nitrogens is 4. The molecule has 1 fully saturated rings. The molecule has 6 rings (SSSR count). The van der Waals surface area contributed by atoms with E-state index < -0.39 is 11.2 Å². The van der Waals surface area contributed by atoms with Crippen molar-refractivity contribution in [3.63, 3.8) is 0 Å². The predicted octanol–water partition coefficient (Wildman–Crippen LogP) is 7.30. The van der Waals surface area contributed by atoms with Crippen LogP contribution >= 0.6 is 70.4 Å². The number of carbonyl (C=O) groups excluding carboxylic acids is 1. The van der Waals surface area contributed by atoms with Gasteiger partial charge in [-0.3, -0.25) is 28.2 Å². The molecule has 5 aromatic rings. The zero-order valence-electron chi connectivity index (χ0n) is 24.6.